The molecule has 0 aliphatic rings. The fourth-order valence-electron chi connectivity index (χ4n) is 0.883. The minimum Gasteiger partial charge on any atom is -0.274 e. The molecule has 0 atom stereocenters. The first-order chi connectivity index (χ1) is 5.86. The van der Waals surface area contributed by atoms with Crippen molar-refractivity contribution in [1.82, 2.24) is 5.06 Å². The lowest BCUT2D eigenvalue weighted by atomic mass is 10.2. The lowest BCUT2D eigenvalue weighted by Gasteiger charge is -2.11. The second kappa shape index (κ2) is 4.51. The Morgan fingerprint density at radius 2 is 2.08 bits per heavy atom. The smallest absolute Gasteiger partial charge is 0.274 e. The molecule has 0 bridgehead atoms. The van der Waals surface area contributed by atoms with Gasteiger partial charge in [0.05, 0.1) is 13.7 Å². The number of nitrogens with zero attached hydrogens (tertiary/aromatic N) is 1. The highest BCUT2D eigenvalue weighted by Gasteiger charge is 2.00. The zero-order valence-electron chi connectivity index (χ0n) is 6.86. The molecule has 0 N–H and O–H groups in total. The van der Waals surface area contributed by atoms with Crippen LogP contribution in [0.2, 0.25) is 0 Å². The summed E-state index contributed by atoms with van der Waals surface area (Å²) < 4.78 is 0. The van der Waals surface area contributed by atoms with Gasteiger partial charge in [0.1, 0.15) is 0 Å². The summed E-state index contributed by atoms with van der Waals surface area (Å²) in [6.45, 7) is 0.431. The molecule has 0 aliphatic heterocycles. The molecule has 0 aromatic heterocycles. The van der Waals surface area contributed by atoms with Crippen molar-refractivity contribution < 1.29 is 9.63 Å². The van der Waals surface area contributed by atoms with Crippen LogP contribution in [0.15, 0.2) is 30.3 Å². The van der Waals surface area contributed by atoms with E-state index in [4.69, 9.17) is 4.84 Å². The maximum atomic E-state index is 10.2. The fourth-order valence-corrected chi connectivity index (χ4v) is 0.883. The molecular formula is C9H10NO2. The highest BCUT2D eigenvalue weighted by Crippen LogP contribution is 2.01. The van der Waals surface area contributed by atoms with Gasteiger partial charge in [0, 0.05) is 0 Å². The summed E-state index contributed by atoms with van der Waals surface area (Å²) in [5.41, 5.74) is 1.02. The summed E-state index contributed by atoms with van der Waals surface area (Å²) in [5.74, 6) is 0. The minimum absolute atomic E-state index is 0.431. The summed E-state index contributed by atoms with van der Waals surface area (Å²) in [6, 6.07) is 9.58. The van der Waals surface area contributed by atoms with Crippen LogP contribution in [-0.4, -0.2) is 18.6 Å². The Kier molecular flexibility index (Phi) is 3.29. The molecule has 1 rings (SSSR count). The fraction of sp³-hybridized carbons (Fsp3) is 0.222. The third kappa shape index (κ3) is 2.36. The van der Waals surface area contributed by atoms with Gasteiger partial charge in [-0.3, -0.25) is 9.63 Å². The largest absolute Gasteiger partial charge is 0.338 e. The Labute approximate surface area is 71.5 Å². The van der Waals surface area contributed by atoms with Crippen molar-refractivity contribution in [3.8, 4) is 0 Å². The average Bonchev–Trinajstić information content (AvgIpc) is 2.16. The summed E-state index contributed by atoms with van der Waals surface area (Å²) in [5, 5.41) is 1.11. The molecule has 63 valence electrons. The van der Waals surface area contributed by atoms with Crippen LogP contribution < -0.4 is 0 Å². The maximum Gasteiger partial charge on any atom is 0.338 e. The van der Waals surface area contributed by atoms with Gasteiger partial charge in [-0.15, -0.1) is 0 Å². The maximum absolute atomic E-state index is 10.2. The van der Waals surface area contributed by atoms with E-state index in [-0.39, 0.29) is 0 Å². The van der Waals surface area contributed by atoms with Gasteiger partial charge >= 0.3 is 6.41 Å². The van der Waals surface area contributed by atoms with Crippen LogP contribution in [0.5, 0.6) is 0 Å². The van der Waals surface area contributed by atoms with Crippen molar-refractivity contribution in [2.75, 3.05) is 7.11 Å². The van der Waals surface area contributed by atoms with Gasteiger partial charge in [0.25, 0.3) is 0 Å². The Morgan fingerprint density at radius 3 is 2.58 bits per heavy atom. The highest BCUT2D eigenvalue weighted by atomic mass is 16.7. The van der Waals surface area contributed by atoms with E-state index < -0.39 is 0 Å². The second-order valence-electron chi connectivity index (χ2n) is 2.30. The van der Waals surface area contributed by atoms with Crippen molar-refractivity contribution in [2.24, 2.45) is 0 Å². The minimum atomic E-state index is 0.431. The molecule has 1 aromatic rings. The molecule has 1 amide bonds. The molecule has 0 saturated heterocycles. The molecule has 1 aromatic carbocycles. The monoisotopic (exact) mass is 164 g/mol. The SMILES string of the molecule is CON([C]=O)Cc1ccccc1. The first-order valence-electron chi connectivity index (χ1n) is 3.60. The van der Waals surface area contributed by atoms with E-state index in [9.17, 15) is 4.79 Å². The zero-order valence-corrected chi connectivity index (χ0v) is 6.86. The molecule has 0 heterocycles. The molecule has 0 fully saturated rings. The van der Waals surface area contributed by atoms with Gasteiger partial charge in [-0.1, -0.05) is 30.3 Å². The highest BCUT2D eigenvalue weighted by molar-refractivity contribution is 5.46. The molecule has 1 radical (unpaired) electrons. The van der Waals surface area contributed by atoms with Crippen molar-refractivity contribution in [1.29, 1.82) is 0 Å². The number of hydroxylamine groups is 2. The third-order valence-electron chi connectivity index (χ3n) is 1.49. The molecule has 0 spiro atoms. The van der Waals surface area contributed by atoms with Crippen molar-refractivity contribution in [2.45, 2.75) is 6.54 Å². The molecule has 0 unspecified atom stereocenters. The molecule has 12 heavy (non-hydrogen) atoms. The lowest BCUT2D eigenvalue weighted by Crippen LogP contribution is -2.19. The van der Waals surface area contributed by atoms with E-state index in [0.29, 0.717) is 6.54 Å². The summed E-state index contributed by atoms with van der Waals surface area (Å²) in [7, 11) is 1.44. The molecule has 0 aliphatic carbocycles. The van der Waals surface area contributed by atoms with E-state index >= 15 is 0 Å². The van der Waals surface area contributed by atoms with Crippen molar-refractivity contribution in [3.05, 3.63) is 35.9 Å². The molecule has 0 saturated carbocycles. The van der Waals surface area contributed by atoms with Gasteiger partial charge in [-0.05, 0) is 5.56 Å². The number of hydrogen-bond donors (Lipinski definition) is 0. The number of carbonyl (C=O) groups excluding carboxylic acids is 1. The Morgan fingerprint density at radius 1 is 1.42 bits per heavy atom. The number of amides is 1. The summed E-state index contributed by atoms with van der Waals surface area (Å²) >= 11 is 0. The van der Waals surface area contributed by atoms with Crippen LogP contribution >= 0.6 is 0 Å². The van der Waals surface area contributed by atoms with Crippen LogP contribution in [0.25, 0.3) is 0 Å². The zero-order chi connectivity index (χ0) is 8.81. The summed E-state index contributed by atoms with van der Waals surface area (Å²) in [4.78, 5) is 14.9. The van der Waals surface area contributed by atoms with Gasteiger partial charge in [0.15, 0.2) is 0 Å². The third-order valence-corrected chi connectivity index (χ3v) is 1.49. The standard InChI is InChI=1S/C9H10NO2/c1-12-10(8-11)7-9-5-3-2-4-6-9/h2-6H,7H2,1H3. The number of hydrogen-bond acceptors (Lipinski definition) is 2. The quantitative estimate of drug-likeness (QED) is 0.493. The van der Waals surface area contributed by atoms with Crippen molar-refractivity contribution >= 4 is 6.41 Å². The van der Waals surface area contributed by atoms with Gasteiger partial charge in [-0.2, -0.15) is 0 Å². The molecule has 3 heteroatoms. The van der Waals surface area contributed by atoms with Crippen LogP contribution in [0.3, 0.4) is 0 Å². The van der Waals surface area contributed by atoms with Gasteiger partial charge < -0.3 is 0 Å². The number of rotatable bonds is 4. The Balaban J connectivity index is 2.56. The van der Waals surface area contributed by atoms with E-state index in [1.165, 1.54) is 7.11 Å². The lowest BCUT2D eigenvalue weighted by molar-refractivity contribution is -0.0733. The topological polar surface area (TPSA) is 29.5 Å². The predicted octanol–water partition coefficient (Wildman–Crippen LogP) is 1.12. The van der Waals surface area contributed by atoms with Crippen LogP contribution in [0.1, 0.15) is 5.56 Å². The first kappa shape index (κ1) is 8.74. The Bertz CT molecular complexity index is 236. The van der Waals surface area contributed by atoms with Crippen molar-refractivity contribution in [3.63, 3.8) is 0 Å². The van der Waals surface area contributed by atoms with Crippen LogP contribution in [0, 0.1) is 0 Å². The first-order valence-corrected chi connectivity index (χ1v) is 3.60. The van der Waals surface area contributed by atoms with Crippen LogP contribution in [-0.2, 0) is 16.2 Å². The van der Waals surface area contributed by atoms with E-state index in [1.54, 1.807) is 6.41 Å². The number of benzene rings is 1. The van der Waals surface area contributed by atoms with Gasteiger partial charge in [0.2, 0.25) is 0 Å². The summed E-state index contributed by atoms with van der Waals surface area (Å²) in [6.07, 6.45) is 1.66. The predicted molar refractivity (Wildman–Crippen MR) is 44.7 cm³/mol. The van der Waals surface area contributed by atoms with E-state index in [0.717, 1.165) is 10.6 Å². The van der Waals surface area contributed by atoms with E-state index in [2.05, 4.69) is 0 Å². The Hall–Kier alpha value is -1.35. The molecular weight excluding hydrogens is 154 g/mol. The molecule has 3 nitrogen and oxygen atoms in total. The van der Waals surface area contributed by atoms with E-state index in [1.807, 2.05) is 30.3 Å². The van der Waals surface area contributed by atoms with Gasteiger partial charge in [-0.25, -0.2) is 5.06 Å². The second-order valence-corrected chi connectivity index (χ2v) is 2.30. The normalized spacial score (nSPS) is 9.42. The van der Waals surface area contributed by atoms with Crippen LogP contribution in [0.4, 0.5) is 0 Å². The average molecular weight is 164 g/mol.